The van der Waals surface area contributed by atoms with Crippen molar-refractivity contribution in [1.82, 2.24) is 9.80 Å². The number of nitrogens with zero attached hydrogens (tertiary/aromatic N) is 2. The first kappa shape index (κ1) is 14.5. The number of aliphatic carboxylic acids is 1. The van der Waals surface area contributed by atoms with E-state index in [-0.39, 0.29) is 11.4 Å². The van der Waals surface area contributed by atoms with E-state index in [2.05, 4.69) is 6.92 Å². The van der Waals surface area contributed by atoms with Crippen molar-refractivity contribution in [2.24, 2.45) is 5.92 Å². The van der Waals surface area contributed by atoms with Crippen LogP contribution in [0.5, 0.6) is 0 Å². The van der Waals surface area contributed by atoms with Crippen molar-refractivity contribution < 1.29 is 14.7 Å². The lowest BCUT2D eigenvalue weighted by atomic mass is 10.1. The molecule has 0 aromatic heterocycles. The summed E-state index contributed by atoms with van der Waals surface area (Å²) in [4.78, 5) is 27.3. The maximum atomic E-state index is 12.6. The third kappa shape index (κ3) is 2.83. The van der Waals surface area contributed by atoms with Crippen LogP contribution >= 0.6 is 11.8 Å². The van der Waals surface area contributed by atoms with Crippen LogP contribution in [0.4, 0.5) is 4.79 Å². The predicted molar refractivity (Wildman–Crippen MR) is 75.2 cm³/mol. The maximum absolute atomic E-state index is 12.6. The van der Waals surface area contributed by atoms with Crippen molar-refractivity contribution in [2.45, 2.75) is 44.5 Å². The zero-order valence-corrected chi connectivity index (χ0v) is 12.4. The molecule has 0 radical (unpaired) electrons. The van der Waals surface area contributed by atoms with Crippen molar-refractivity contribution in [3.05, 3.63) is 0 Å². The molecule has 3 unspecified atom stereocenters. The fourth-order valence-electron chi connectivity index (χ4n) is 2.83. The van der Waals surface area contributed by atoms with Crippen molar-refractivity contribution in [3.8, 4) is 0 Å². The van der Waals surface area contributed by atoms with Crippen LogP contribution in [-0.4, -0.2) is 57.2 Å². The number of amides is 2. The van der Waals surface area contributed by atoms with Gasteiger partial charge in [0.25, 0.3) is 0 Å². The summed E-state index contributed by atoms with van der Waals surface area (Å²) in [5, 5.41) is 9.27. The van der Waals surface area contributed by atoms with Gasteiger partial charge in [0.05, 0.1) is 5.37 Å². The monoisotopic (exact) mass is 286 g/mol. The second-order valence-corrected chi connectivity index (χ2v) is 6.46. The molecular formula is C13H22N2O3S. The lowest BCUT2D eigenvalue weighted by molar-refractivity contribution is -0.141. The Morgan fingerprint density at radius 3 is 2.58 bits per heavy atom. The number of urea groups is 1. The zero-order valence-electron chi connectivity index (χ0n) is 11.5. The molecule has 6 heteroatoms. The van der Waals surface area contributed by atoms with Gasteiger partial charge in [0.2, 0.25) is 0 Å². The van der Waals surface area contributed by atoms with Gasteiger partial charge in [-0.3, -0.25) is 4.90 Å². The Morgan fingerprint density at radius 2 is 2.05 bits per heavy atom. The minimum absolute atomic E-state index is 0.00859. The highest BCUT2D eigenvalue weighted by Crippen LogP contribution is 2.33. The first-order valence-corrected chi connectivity index (χ1v) is 8.05. The van der Waals surface area contributed by atoms with Crippen molar-refractivity contribution in [2.75, 3.05) is 18.8 Å². The number of carboxylic acids is 1. The summed E-state index contributed by atoms with van der Waals surface area (Å²) in [5.41, 5.74) is 0. The Morgan fingerprint density at radius 1 is 1.32 bits per heavy atom. The first-order chi connectivity index (χ1) is 9.08. The summed E-state index contributed by atoms with van der Waals surface area (Å²) in [5.74, 6) is 0.190. The van der Waals surface area contributed by atoms with E-state index in [0.29, 0.717) is 11.7 Å². The van der Waals surface area contributed by atoms with Crippen molar-refractivity contribution >= 4 is 23.8 Å². The van der Waals surface area contributed by atoms with Gasteiger partial charge in [-0.05, 0) is 18.8 Å². The van der Waals surface area contributed by atoms with E-state index in [1.807, 2.05) is 11.8 Å². The molecule has 19 heavy (non-hydrogen) atoms. The van der Waals surface area contributed by atoms with Gasteiger partial charge in [-0.2, -0.15) is 0 Å². The van der Waals surface area contributed by atoms with Crippen LogP contribution in [0, 0.1) is 5.92 Å². The number of carbonyl (C=O) groups is 2. The molecule has 0 spiro atoms. The number of hydrogen-bond donors (Lipinski definition) is 1. The fourth-order valence-corrected chi connectivity index (χ4v) is 4.17. The predicted octanol–water partition coefficient (Wildman–Crippen LogP) is 2.08. The van der Waals surface area contributed by atoms with Gasteiger partial charge in [0, 0.05) is 18.8 Å². The maximum Gasteiger partial charge on any atom is 0.327 e. The largest absolute Gasteiger partial charge is 0.480 e. The number of likely N-dealkylation sites (tertiary alicyclic amines) is 1. The molecule has 0 aromatic rings. The Bertz CT molecular complexity index is 364. The molecule has 0 bridgehead atoms. The van der Waals surface area contributed by atoms with Gasteiger partial charge < -0.3 is 10.0 Å². The van der Waals surface area contributed by atoms with E-state index in [4.69, 9.17) is 0 Å². The van der Waals surface area contributed by atoms with Crippen molar-refractivity contribution in [1.29, 1.82) is 0 Å². The molecule has 0 saturated carbocycles. The summed E-state index contributed by atoms with van der Waals surface area (Å²) in [7, 11) is 0. The second kappa shape index (κ2) is 6.03. The molecule has 5 nitrogen and oxygen atoms in total. The normalized spacial score (nSPS) is 30.9. The van der Waals surface area contributed by atoms with Gasteiger partial charge in [0.15, 0.2) is 0 Å². The summed E-state index contributed by atoms with van der Waals surface area (Å²) in [6, 6.07) is -0.747. The van der Waals surface area contributed by atoms with E-state index in [0.717, 1.165) is 32.4 Å². The number of carbonyl (C=O) groups excluding carboxylic acids is 1. The lowest BCUT2D eigenvalue weighted by Crippen LogP contribution is -2.51. The van der Waals surface area contributed by atoms with Crippen LogP contribution in [0.1, 0.15) is 33.1 Å². The lowest BCUT2D eigenvalue weighted by Gasteiger charge is -2.31. The van der Waals surface area contributed by atoms with Gasteiger partial charge in [-0.1, -0.05) is 20.3 Å². The SMILES string of the molecule is CCC1CCN(C(=O)N2C(CC)SCC2C(=O)O)C1. The molecule has 0 aromatic carbocycles. The van der Waals surface area contributed by atoms with Gasteiger partial charge in [-0.15, -0.1) is 11.8 Å². The average Bonchev–Trinajstić information content (AvgIpc) is 3.03. The van der Waals surface area contributed by atoms with Crippen LogP contribution in [-0.2, 0) is 4.79 Å². The van der Waals surface area contributed by atoms with Crippen LogP contribution in [0.2, 0.25) is 0 Å². The van der Waals surface area contributed by atoms with Crippen LogP contribution in [0.15, 0.2) is 0 Å². The molecule has 2 rings (SSSR count). The summed E-state index contributed by atoms with van der Waals surface area (Å²) in [6.07, 6.45) is 2.92. The number of thioether (sulfide) groups is 1. The van der Waals surface area contributed by atoms with E-state index < -0.39 is 12.0 Å². The third-order valence-corrected chi connectivity index (χ3v) is 5.53. The van der Waals surface area contributed by atoms with Crippen LogP contribution < -0.4 is 0 Å². The van der Waals surface area contributed by atoms with Gasteiger partial charge in [-0.25, -0.2) is 9.59 Å². The molecule has 1 N–H and O–H groups in total. The second-order valence-electron chi connectivity index (χ2n) is 5.25. The molecule has 2 amide bonds. The third-order valence-electron chi connectivity index (χ3n) is 4.08. The summed E-state index contributed by atoms with van der Waals surface area (Å²) >= 11 is 1.58. The summed E-state index contributed by atoms with van der Waals surface area (Å²) < 4.78 is 0. The minimum Gasteiger partial charge on any atom is -0.480 e. The topological polar surface area (TPSA) is 60.9 Å². The molecule has 2 fully saturated rings. The standard InChI is InChI=1S/C13H22N2O3S/c1-3-9-5-6-14(7-9)13(18)15-10(12(16)17)8-19-11(15)4-2/h9-11H,3-8H2,1-2H3,(H,16,17). The molecular weight excluding hydrogens is 264 g/mol. The van der Waals surface area contributed by atoms with Crippen molar-refractivity contribution in [3.63, 3.8) is 0 Å². The Labute approximate surface area is 118 Å². The highest BCUT2D eigenvalue weighted by Gasteiger charge is 2.43. The average molecular weight is 286 g/mol. The molecule has 2 aliphatic heterocycles. The quantitative estimate of drug-likeness (QED) is 0.863. The van der Waals surface area contributed by atoms with E-state index in [9.17, 15) is 14.7 Å². The number of hydrogen-bond acceptors (Lipinski definition) is 3. The number of carboxylic acid groups (broad SMARTS) is 1. The molecule has 3 atom stereocenters. The Balaban J connectivity index is 2.08. The zero-order chi connectivity index (χ0) is 14.0. The van der Waals surface area contributed by atoms with E-state index in [1.54, 1.807) is 16.7 Å². The van der Waals surface area contributed by atoms with Gasteiger partial charge >= 0.3 is 12.0 Å². The molecule has 2 aliphatic rings. The van der Waals surface area contributed by atoms with E-state index >= 15 is 0 Å². The van der Waals surface area contributed by atoms with Crippen LogP contribution in [0.25, 0.3) is 0 Å². The molecule has 2 saturated heterocycles. The number of rotatable bonds is 3. The van der Waals surface area contributed by atoms with Crippen LogP contribution in [0.3, 0.4) is 0 Å². The smallest absolute Gasteiger partial charge is 0.327 e. The molecule has 108 valence electrons. The Kier molecular flexibility index (Phi) is 4.60. The minimum atomic E-state index is -0.886. The molecule has 2 heterocycles. The Hall–Kier alpha value is -0.910. The highest BCUT2D eigenvalue weighted by atomic mass is 32.2. The first-order valence-electron chi connectivity index (χ1n) is 7.00. The molecule has 0 aliphatic carbocycles. The summed E-state index contributed by atoms with van der Waals surface area (Å²) in [6.45, 7) is 5.68. The van der Waals surface area contributed by atoms with Gasteiger partial charge in [0.1, 0.15) is 6.04 Å². The highest BCUT2D eigenvalue weighted by molar-refractivity contribution is 8.00. The fraction of sp³-hybridized carbons (Fsp3) is 0.846. The van der Waals surface area contributed by atoms with E-state index in [1.165, 1.54) is 0 Å².